The van der Waals surface area contributed by atoms with Crippen LogP contribution < -0.4 is 0 Å². The van der Waals surface area contributed by atoms with Gasteiger partial charge in [-0.2, -0.15) is 5.10 Å². The highest BCUT2D eigenvalue weighted by molar-refractivity contribution is 5.94. The predicted molar refractivity (Wildman–Crippen MR) is 89.0 cm³/mol. The molecule has 0 aliphatic carbocycles. The van der Waals surface area contributed by atoms with Crippen LogP contribution in [0.3, 0.4) is 0 Å². The van der Waals surface area contributed by atoms with Crippen molar-refractivity contribution in [3.8, 4) is 0 Å². The molecule has 0 aromatic carbocycles. The topological polar surface area (TPSA) is 67.7 Å². The van der Waals surface area contributed by atoms with E-state index in [-0.39, 0.29) is 31.6 Å². The normalized spacial score (nSPS) is 23.8. The summed E-state index contributed by atoms with van der Waals surface area (Å²) in [5.74, 6) is -0.257. The minimum Gasteiger partial charge on any atom is -0.444 e. The Labute approximate surface area is 146 Å². The number of hydrogen-bond acceptors (Lipinski definition) is 4. The SMILES string of the molecule is C[C@@H]1Cc2nn3c(c2CN1C(=O)OC(C)(C)C)C(=O)N(C)CC(F)C3. The van der Waals surface area contributed by atoms with E-state index in [9.17, 15) is 14.0 Å². The molecule has 0 radical (unpaired) electrons. The van der Waals surface area contributed by atoms with Gasteiger partial charge in [-0.25, -0.2) is 9.18 Å². The number of ether oxygens (including phenoxy) is 1. The second kappa shape index (κ2) is 6.00. The summed E-state index contributed by atoms with van der Waals surface area (Å²) in [4.78, 5) is 28.2. The number of amides is 2. The number of rotatable bonds is 0. The third-order valence-corrected chi connectivity index (χ3v) is 4.50. The van der Waals surface area contributed by atoms with Crippen molar-refractivity contribution in [1.82, 2.24) is 19.6 Å². The molecule has 0 N–H and O–H groups in total. The van der Waals surface area contributed by atoms with Crippen LogP contribution >= 0.6 is 0 Å². The molecule has 7 nitrogen and oxygen atoms in total. The molecular formula is C17H25FN4O3. The van der Waals surface area contributed by atoms with Crippen molar-refractivity contribution in [3.63, 3.8) is 0 Å². The lowest BCUT2D eigenvalue weighted by atomic mass is 9.99. The summed E-state index contributed by atoms with van der Waals surface area (Å²) < 4.78 is 21.0. The molecule has 0 bridgehead atoms. The van der Waals surface area contributed by atoms with Crippen LogP contribution in [0, 0.1) is 0 Å². The van der Waals surface area contributed by atoms with Crippen LogP contribution in [0.4, 0.5) is 9.18 Å². The van der Waals surface area contributed by atoms with Crippen molar-refractivity contribution in [1.29, 1.82) is 0 Å². The van der Waals surface area contributed by atoms with Crippen molar-refractivity contribution >= 4 is 12.0 Å². The van der Waals surface area contributed by atoms with Crippen LogP contribution in [0.25, 0.3) is 0 Å². The highest BCUT2D eigenvalue weighted by Crippen LogP contribution is 2.29. The second-order valence-corrected chi connectivity index (χ2v) is 7.90. The van der Waals surface area contributed by atoms with Crippen LogP contribution in [-0.2, 0) is 24.2 Å². The monoisotopic (exact) mass is 352 g/mol. The number of hydrogen-bond donors (Lipinski definition) is 0. The Balaban J connectivity index is 1.95. The highest BCUT2D eigenvalue weighted by atomic mass is 19.1. The molecular weight excluding hydrogens is 327 g/mol. The predicted octanol–water partition coefficient (Wildman–Crippen LogP) is 1.99. The number of carbonyl (C=O) groups is 2. The molecule has 3 rings (SSSR count). The van der Waals surface area contributed by atoms with Gasteiger partial charge in [-0.15, -0.1) is 0 Å². The maximum atomic E-state index is 14.0. The van der Waals surface area contributed by atoms with Gasteiger partial charge in [-0.1, -0.05) is 0 Å². The van der Waals surface area contributed by atoms with E-state index in [1.807, 2.05) is 27.7 Å². The van der Waals surface area contributed by atoms with Gasteiger partial charge in [-0.05, 0) is 27.7 Å². The van der Waals surface area contributed by atoms with E-state index in [2.05, 4.69) is 5.10 Å². The number of carbonyl (C=O) groups excluding carboxylic acids is 2. The van der Waals surface area contributed by atoms with Crippen molar-refractivity contribution in [2.75, 3.05) is 13.6 Å². The largest absolute Gasteiger partial charge is 0.444 e. The van der Waals surface area contributed by atoms with E-state index in [1.54, 1.807) is 11.9 Å². The molecule has 0 saturated carbocycles. The third-order valence-electron chi connectivity index (χ3n) is 4.50. The first-order valence-electron chi connectivity index (χ1n) is 8.54. The molecule has 3 heterocycles. The summed E-state index contributed by atoms with van der Waals surface area (Å²) in [6.07, 6.45) is -1.05. The summed E-state index contributed by atoms with van der Waals surface area (Å²) in [6, 6.07) is -0.101. The van der Waals surface area contributed by atoms with E-state index in [0.29, 0.717) is 17.7 Å². The Kier molecular flexibility index (Phi) is 4.25. The summed E-state index contributed by atoms with van der Waals surface area (Å²) >= 11 is 0. The standard InChI is InChI=1S/C17H25FN4O3/c1-10-6-13-12(9-21(10)16(24)25-17(2,3)4)14-15(23)20(5)7-11(18)8-22(14)19-13/h10-11H,6-9H2,1-5H3/t10-,11?/m1/s1. The fourth-order valence-electron chi connectivity index (χ4n) is 3.34. The first-order valence-corrected chi connectivity index (χ1v) is 8.54. The molecule has 2 aliphatic heterocycles. The van der Waals surface area contributed by atoms with Crippen LogP contribution in [0.5, 0.6) is 0 Å². The van der Waals surface area contributed by atoms with E-state index in [4.69, 9.17) is 4.74 Å². The molecule has 1 aromatic rings. The Bertz CT molecular complexity index is 709. The molecule has 0 saturated heterocycles. The average Bonchev–Trinajstić information content (AvgIpc) is 2.74. The highest BCUT2D eigenvalue weighted by Gasteiger charge is 2.38. The minimum absolute atomic E-state index is 0.0448. The first-order chi connectivity index (χ1) is 11.6. The number of nitrogens with zero attached hydrogens (tertiary/aromatic N) is 4. The summed E-state index contributed by atoms with van der Waals surface area (Å²) in [5.41, 5.74) is 1.26. The van der Waals surface area contributed by atoms with Crippen molar-refractivity contribution in [2.45, 2.75) is 65.0 Å². The number of aromatic nitrogens is 2. The minimum atomic E-state index is -1.16. The van der Waals surface area contributed by atoms with Gasteiger partial charge in [0.05, 0.1) is 25.3 Å². The number of alkyl halides is 1. The lowest BCUT2D eigenvalue weighted by Gasteiger charge is -2.34. The van der Waals surface area contributed by atoms with Crippen LogP contribution in [0.2, 0.25) is 0 Å². The van der Waals surface area contributed by atoms with Crippen LogP contribution in [0.15, 0.2) is 0 Å². The first kappa shape index (κ1) is 17.7. The Hall–Kier alpha value is -2.12. The van der Waals surface area contributed by atoms with Crippen molar-refractivity contribution < 1.29 is 18.7 Å². The van der Waals surface area contributed by atoms with Gasteiger partial charge < -0.3 is 14.5 Å². The van der Waals surface area contributed by atoms with Gasteiger partial charge in [0, 0.05) is 25.1 Å². The lowest BCUT2D eigenvalue weighted by Crippen LogP contribution is -2.45. The van der Waals surface area contributed by atoms with Gasteiger partial charge in [0.15, 0.2) is 0 Å². The maximum Gasteiger partial charge on any atom is 0.410 e. The molecule has 2 aliphatic rings. The fraction of sp³-hybridized carbons (Fsp3) is 0.706. The second-order valence-electron chi connectivity index (χ2n) is 7.90. The molecule has 2 atom stereocenters. The maximum absolute atomic E-state index is 14.0. The average molecular weight is 352 g/mol. The number of fused-ring (bicyclic) bond motifs is 3. The Morgan fingerprint density at radius 1 is 1.32 bits per heavy atom. The van der Waals surface area contributed by atoms with Gasteiger partial charge in [0.25, 0.3) is 5.91 Å². The molecule has 0 fully saturated rings. The van der Waals surface area contributed by atoms with Gasteiger partial charge in [0.1, 0.15) is 17.5 Å². The van der Waals surface area contributed by atoms with E-state index in [0.717, 1.165) is 5.69 Å². The zero-order valence-corrected chi connectivity index (χ0v) is 15.4. The summed E-state index contributed by atoms with van der Waals surface area (Å²) in [6.45, 7) is 7.72. The Morgan fingerprint density at radius 2 is 2.00 bits per heavy atom. The van der Waals surface area contributed by atoms with Gasteiger partial charge in [0.2, 0.25) is 0 Å². The zero-order chi connectivity index (χ0) is 18.5. The summed E-state index contributed by atoms with van der Waals surface area (Å²) in [7, 11) is 1.58. The lowest BCUT2D eigenvalue weighted by molar-refractivity contribution is 0.0136. The smallest absolute Gasteiger partial charge is 0.410 e. The molecule has 1 unspecified atom stereocenters. The zero-order valence-electron chi connectivity index (χ0n) is 15.4. The quantitative estimate of drug-likeness (QED) is 0.716. The van der Waals surface area contributed by atoms with Crippen molar-refractivity contribution in [3.05, 3.63) is 17.0 Å². The van der Waals surface area contributed by atoms with E-state index < -0.39 is 17.9 Å². The van der Waals surface area contributed by atoms with Crippen LogP contribution in [-0.4, -0.2) is 63.0 Å². The van der Waals surface area contributed by atoms with Crippen LogP contribution in [0.1, 0.15) is 49.4 Å². The number of halogens is 1. The van der Waals surface area contributed by atoms with E-state index >= 15 is 0 Å². The van der Waals surface area contributed by atoms with Gasteiger partial charge >= 0.3 is 6.09 Å². The summed E-state index contributed by atoms with van der Waals surface area (Å²) in [5, 5.41) is 4.46. The molecule has 25 heavy (non-hydrogen) atoms. The molecule has 2 amide bonds. The molecule has 138 valence electrons. The molecule has 1 aromatic heterocycles. The Morgan fingerprint density at radius 3 is 2.64 bits per heavy atom. The van der Waals surface area contributed by atoms with E-state index in [1.165, 1.54) is 9.58 Å². The van der Waals surface area contributed by atoms with Crippen molar-refractivity contribution in [2.24, 2.45) is 0 Å². The van der Waals surface area contributed by atoms with Gasteiger partial charge in [-0.3, -0.25) is 9.48 Å². The molecule has 0 spiro atoms. The fourth-order valence-corrected chi connectivity index (χ4v) is 3.34. The molecule has 8 heteroatoms. The third kappa shape index (κ3) is 3.34.